The van der Waals surface area contributed by atoms with Crippen molar-refractivity contribution in [2.45, 2.75) is 66.2 Å². The Balaban J connectivity index is 2.02. The molecule has 4 unspecified atom stereocenters. The Bertz CT molecular complexity index is 410. The van der Waals surface area contributed by atoms with Crippen molar-refractivity contribution < 1.29 is 0 Å². The topological polar surface area (TPSA) is 0 Å². The minimum absolute atomic E-state index is 0.813. The molecule has 0 radical (unpaired) electrons. The quantitative estimate of drug-likeness (QED) is 0.515. The molecule has 0 aliphatic heterocycles. The van der Waals surface area contributed by atoms with E-state index < -0.39 is 0 Å². The zero-order chi connectivity index (χ0) is 14.7. The van der Waals surface area contributed by atoms with Crippen molar-refractivity contribution in [2.24, 2.45) is 23.7 Å². The third-order valence-corrected chi connectivity index (χ3v) is 5.58. The van der Waals surface area contributed by atoms with Crippen LogP contribution in [-0.4, -0.2) is 0 Å². The molecule has 2 aliphatic rings. The summed E-state index contributed by atoms with van der Waals surface area (Å²) in [6.45, 7) is 13.3. The average molecular weight is 272 g/mol. The molecule has 0 amide bonds. The predicted molar refractivity (Wildman–Crippen MR) is 89.7 cm³/mol. The maximum absolute atomic E-state index is 4.03. The van der Waals surface area contributed by atoms with Gasteiger partial charge >= 0.3 is 0 Å². The Kier molecular flexibility index (Phi) is 5.29. The third-order valence-electron chi connectivity index (χ3n) is 5.58. The molecule has 0 bridgehead atoms. The van der Waals surface area contributed by atoms with Crippen LogP contribution in [0.3, 0.4) is 0 Å². The largest absolute Gasteiger partial charge is 0.100 e. The van der Waals surface area contributed by atoms with Crippen LogP contribution >= 0.6 is 0 Å². The third kappa shape index (κ3) is 3.65. The Morgan fingerprint density at radius 3 is 2.85 bits per heavy atom. The summed E-state index contributed by atoms with van der Waals surface area (Å²) >= 11 is 0. The summed E-state index contributed by atoms with van der Waals surface area (Å²) in [6.07, 6.45) is 13.0. The van der Waals surface area contributed by atoms with Crippen molar-refractivity contribution in [3.63, 3.8) is 0 Å². The van der Waals surface area contributed by atoms with E-state index in [9.17, 15) is 0 Å². The van der Waals surface area contributed by atoms with Gasteiger partial charge in [0, 0.05) is 0 Å². The minimum atomic E-state index is 0.813. The van der Waals surface area contributed by atoms with Crippen molar-refractivity contribution in [3.8, 4) is 0 Å². The lowest BCUT2D eigenvalue weighted by Gasteiger charge is -2.42. The molecule has 0 aromatic rings. The van der Waals surface area contributed by atoms with E-state index in [1.165, 1.54) is 44.1 Å². The lowest BCUT2D eigenvalue weighted by Crippen LogP contribution is -2.32. The molecule has 0 N–H and O–H groups in total. The number of fused-ring (bicyclic) bond motifs is 1. The molecule has 0 aromatic carbocycles. The molecule has 2 aliphatic carbocycles. The molecule has 0 heterocycles. The number of hydrogen-bond acceptors (Lipinski definition) is 0. The van der Waals surface area contributed by atoms with Gasteiger partial charge in [-0.1, -0.05) is 42.2 Å². The molecule has 112 valence electrons. The van der Waals surface area contributed by atoms with Gasteiger partial charge in [0.25, 0.3) is 0 Å². The van der Waals surface area contributed by atoms with Gasteiger partial charge in [0.2, 0.25) is 0 Å². The van der Waals surface area contributed by atoms with Crippen molar-refractivity contribution in [1.29, 1.82) is 0 Å². The van der Waals surface area contributed by atoms with E-state index in [4.69, 9.17) is 0 Å². The Labute approximate surface area is 126 Å². The van der Waals surface area contributed by atoms with E-state index in [2.05, 4.69) is 46.4 Å². The van der Waals surface area contributed by atoms with Crippen LogP contribution in [0.15, 0.2) is 35.5 Å². The molecular weight excluding hydrogens is 240 g/mol. The first kappa shape index (κ1) is 15.6. The van der Waals surface area contributed by atoms with E-state index in [-0.39, 0.29) is 0 Å². The maximum atomic E-state index is 4.03. The second-order valence-corrected chi connectivity index (χ2v) is 7.41. The normalized spacial score (nSPS) is 31.1. The van der Waals surface area contributed by atoms with Gasteiger partial charge in [-0.25, -0.2) is 0 Å². The summed E-state index contributed by atoms with van der Waals surface area (Å²) in [4.78, 5) is 0. The van der Waals surface area contributed by atoms with Crippen molar-refractivity contribution in [3.05, 3.63) is 35.5 Å². The lowest BCUT2D eigenvalue weighted by molar-refractivity contribution is 0.190. The highest BCUT2D eigenvalue weighted by molar-refractivity contribution is 5.21. The van der Waals surface area contributed by atoms with Crippen LogP contribution < -0.4 is 0 Å². The molecule has 0 saturated carbocycles. The van der Waals surface area contributed by atoms with Crippen LogP contribution in [0.4, 0.5) is 0 Å². The van der Waals surface area contributed by atoms with Crippen LogP contribution in [0, 0.1) is 23.7 Å². The molecule has 0 aromatic heterocycles. The van der Waals surface area contributed by atoms with Gasteiger partial charge in [-0.2, -0.15) is 0 Å². The number of rotatable bonds is 5. The summed E-state index contributed by atoms with van der Waals surface area (Å²) in [5.41, 5.74) is 4.62. The second kappa shape index (κ2) is 6.78. The van der Waals surface area contributed by atoms with Crippen molar-refractivity contribution >= 4 is 0 Å². The molecule has 0 spiro atoms. The first-order valence-electron chi connectivity index (χ1n) is 8.47. The van der Waals surface area contributed by atoms with E-state index in [0.29, 0.717) is 0 Å². The Morgan fingerprint density at radius 2 is 2.15 bits per heavy atom. The van der Waals surface area contributed by atoms with E-state index in [0.717, 1.165) is 23.7 Å². The zero-order valence-corrected chi connectivity index (χ0v) is 13.9. The van der Waals surface area contributed by atoms with Crippen LogP contribution in [0.2, 0.25) is 0 Å². The standard InChI is InChI=1S/C20H32/c1-14(2)7-6-8-16(4)19-12-10-17(5)18-11-9-15(3)13-20(18)19/h10,13,16,18-20H,1,6-9,11-12H2,2-5H3. The summed E-state index contributed by atoms with van der Waals surface area (Å²) in [7, 11) is 0. The van der Waals surface area contributed by atoms with Crippen LogP contribution in [0.25, 0.3) is 0 Å². The highest BCUT2D eigenvalue weighted by atomic mass is 14.4. The van der Waals surface area contributed by atoms with E-state index >= 15 is 0 Å². The second-order valence-electron chi connectivity index (χ2n) is 7.41. The summed E-state index contributed by atoms with van der Waals surface area (Å²) < 4.78 is 0. The molecule has 0 fully saturated rings. The first-order chi connectivity index (χ1) is 9.49. The molecule has 2 rings (SSSR count). The summed E-state index contributed by atoms with van der Waals surface area (Å²) in [5, 5.41) is 0. The highest BCUT2D eigenvalue weighted by Crippen LogP contribution is 2.46. The molecule has 0 nitrogen and oxygen atoms in total. The first-order valence-corrected chi connectivity index (χ1v) is 8.47. The highest BCUT2D eigenvalue weighted by Gasteiger charge is 2.36. The number of hydrogen-bond donors (Lipinski definition) is 0. The van der Waals surface area contributed by atoms with Crippen molar-refractivity contribution in [2.75, 3.05) is 0 Å². The Hall–Kier alpha value is -0.780. The lowest BCUT2D eigenvalue weighted by atomic mass is 9.63. The fourth-order valence-electron chi connectivity index (χ4n) is 4.24. The van der Waals surface area contributed by atoms with Gasteiger partial charge in [-0.15, -0.1) is 6.58 Å². The van der Waals surface area contributed by atoms with Crippen molar-refractivity contribution in [1.82, 2.24) is 0 Å². The van der Waals surface area contributed by atoms with Crippen LogP contribution in [-0.2, 0) is 0 Å². The molecule has 0 heteroatoms. The average Bonchev–Trinajstić information content (AvgIpc) is 2.38. The van der Waals surface area contributed by atoms with Gasteiger partial charge in [0.1, 0.15) is 0 Å². The SMILES string of the molecule is C=C(C)CCCC(C)C1CC=C(C)C2CCC(C)=CC21. The van der Waals surface area contributed by atoms with E-state index in [1.807, 2.05) is 0 Å². The monoisotopic (exact) mass is 272 g/mol. The molecule has 20 heavy (non-hydrogen) atoms. The molecular formula is C20H32. The fourth-order valence-corrected chi connectivity index (χ4v) is 4.24. The summed E-state index contributed by atoms with van der Waals surface area (Å²) in [6, 6.07) is 0. The van der Waals surface area contributed by atoms with Gasteiger partial charge in [-0.05, 0) is 76.5 Å². The van der Waals surface area contributed by atoms with Gasteiger partial charge < -0.3 is 0 Å². The van der Waals surface area contributed by atoms with E-state index in [1.54, 1.807) is 11.1 Å². The molecule has 4 atom stereocenters. The minimum Gasteiger partial charge on any atom is -0.100 e. The Morgan fingerprint density at radius 1 is 1.40 bits per heavy atom. The van der Waals surface area contributed by atoms with Gasteiger partial charge in [0.15, 0.2) is 0 Å². The van der Waals surface area contributed by atoms with Crippen LogP contribution in [0.5, 0.6) is 0 Å². The molecule has 0 saturated heterocycles. The number of allylic oxidation sites excluding steroid dienone is 5. The fraction of sp³-hybridized carbons (Fsp3) is 0.700. The smallest absolute Gasteiger partial charge is 0.0131 e. The summed E-state index contributed by atoms with van der Waals surface area (Å²) in [5.74, 6) is 3.35. The van der Waals surface area contributed by atoms with Gasteiger partial charge in [-0.3, -0.25) is 0 Å². The van der Waals surface area contributed by atoms with Crippen LogP contribution in [0.1, 0.15) is 66.2 Å². The van der Waals surface area contributed by atoms with Gasteiger partial charge in [0.05, 0.1) is 0 Å². The maximum Gasteiger partial charge on any atom is -0.0131 e. The zero-order valence-electron chi connectivity index (χ0n) is 13.9. The predicted octanol–water partition coefficient (Wildman–Crippen LogP) is 6.31.